The highest BCUT2D eigenvalue weighted by Gasteiger charge is 2.32. The van der Waals surface area contributed by atoms with Crippen molar-refractivity contribution in [3.8, 4) is 11.5 Å². The molecule has 0 fully saturated rings. The van der Waals surface area contributed by atoms with Crippen molar-refractivity contribution in [2.75, 3.05) is 22.6 Å². The van der Waals surface area contributed by atoms with Crippen LogP contribution < -0.4 is 20.3 Å². The Bertz CT molecular complexity index is 1200. The van der Waals surface area contributed by atoms with Crippen molar-refractivity contribution in [3.05, 3.63) is 48.0 Å². The Morgan fingerprint density at radius 3 is 2.91 bits per heavy atom. The molecule has 172 valence electrons. The first kappa shape index (κ1) is 21.2. The van der Waals surface area contributed by atoms with Gasteiger partial charge in [-0.15, -0.1) is 0 Å². The van der Waals surface area contributed by atoms with Gasteiger partial charge in [0.25, 0.3) is 0 Å². The molecule has 3 aromatic heterocycles. The van der Waals surface area contributed by atoms with Crippen molar-refractivity contribution in [1.82, 2.24) is 19.7 Å². The molecule has 0 saturated carbocycles. The molecule has 0 aromatic carbocycles. The maximum Gasteiger partial charge on any atom is 0.178 e. The second-order valence-corrected chi connectivity index (χ2v) is 9.43. The lowest BCUT2D eigenvalue weighted by Crippen LogP contribution is -2.39. The summed E-state index contributed by atoms with van der Waals surface area (Å²) in [6.07, 6.45) is 5.76. The summed E-state index contributed by atoms with van der Waals surface area (Å²) in [5.74, 6) is 2.92. The van der Waals surface area contributed by atoms with Crippen LogP contribution in [0.1, 0.15) is 45.0 Å². The predicted molar refractivity (Wildman–Crippen MR) is 127 cm³/mol. The van der Waals surface area contributed by atoms with Gasteiger partial charge in [0.2, 0.25) is 0 Å². The summed E-state index contributed by atoms with van der Waals surface area (Å²) in [6.45, 7) is 7.06. The van der Waals surface area contributed by atoms with E-state index in [1.807, 2.05) is 13.1 Å². The summed E-state index contributed by atoms with van der Waals surface area (Å²) < 4.78 is 8.12. The van der Waals surface area contributed by atoms with Gasteiger partial charge in [0, 0.05) is 55.5 Å². The highest BCUT2D eigenvalue weighted by Crippen LogP contribution is 2.37. The number of pyridine rings is 2. The molecule has 5 rings (SSSR count). The lowest BCUT2D eigenvalue weighted by Gasteiger charge is -2.30. The average molecular weight is 448 g/mol. The van der Waals surface area contributed by atoms with E-state index in [2.05, 4.69) is 50.1 Å². The Hall–Kier alpha value is -3.62. The third-order valence-corrected chi connectivity index (χ3v) is 6.27. The number of carbonyl (C=O) groups is 1. The number of aromatic nitrogens is 4. The molecule has 2 N–H and O–H groups in total. The SMILES string of the molecule is CC(=O)Cc1cc(Oc2cnc3c(c2)N(C)C(Nc2cc4n(n2)CCCC4(C)C)N3)ccn1. The minimum absolute atomic E-state index is 0.0622. The van der Waals surface area contributed by atoms with E-state index < -0.39 is 0 Å². The Kier molecular flexibility index (Phi) is 5.19. The monoisotopic (exact) mass is 447 g/mol. The standard InChI is InChI=1S/C24H29N7O2/c1-15(32)10-16-11-17(6-8-25-16)33-18-12-19-22(26-14-18)28-23(30(19)4)27-21-13-20-24(2,3)7-5-9-31(20)29-21/h6,8,11-14,23H,5,7,9-10H2,1-4H3,(H,26,28)(H,27,29). The van der Waals surface area contributed by atoms with Crippen LogP contribution in [0.4, 0.5) is 17.3 Å². The fourth-order valence-corrected chi connectivity index (χ4v) is 4.52. The van der Waals surface area contributed by atoms with Crippen LogP contribution in [-0.4, -0.2) is 38.9 Å². The van der Waals surface area contributed by atoms with Crippen LogP contribution in [-0.2, 0) is 23.2 Å². The van der Waals surface area contributed by atoms with E-state index in [0.29, 0.717) is 17.2 Å². The van der Waals surface area contributed by atoms with Crippen LogP contribution in [0.25, 0.3) is 0 Å². The summed E-state index contributed by atoms with van der Waals surface area (Å²) in [5, 5.41) is 11.7. The van der Waals surface area contributed by atoms with Crippen molar-refractivity contribution in [2.45, 2.75) is 58.3 Å². The van der Waals surface area contributed by atoms with E-state index in [1.54, 1.807) is 31.5 Å². The van der Waals surface area contributed by atoms with Gasteiger partial charge in [-0.25, -0.2) is 4.98 Å². The molecule has 0 aliphatic carbocycles. The van der Waals surface area contributed by atoms with Crippen molar-refractivity contribution in [2.24, 2.45) is 0 Å². The minimum atomic E-state index is -0.175. The first-order chi connectivity index (χ1) is 15.8. The molecular weight excluding hydrogens is 418 g/mol. The lowest BCUT2D eigenvalue weighted by atomic mass is 9.82. The molecule has 2 aliphatic heterocycles. The first-order valence-electron chi connectivity index (χ1n) is 11.2. The number of anilines is 3. The number of ketones is 1. The van der Waals surface area contributed by atoms with Crippen LogP contribution in [0.5, 0.6) is 11.5 Å². The van der Waals surface area contributed by atoms with E-state index in [0.717, 1.165) is 30.3 Å². The molecule has 9 heteroatoms. The van der Waals surface area contributed by atoms with Gasteiger partial charge in [-0.1, -0.05) is 13.8 Å². The number of rotatable bonds is 6. The van der Waals surface area contributed by atoms with E-state index in [-0.39, 0.29) is 23.9 Å². The third-order valence-electron chi connectivity index (χ3n) is 6.27. The summed E-state index contributed by atoms with van der Waals surface area (Å²) in [6, 6.07) is 7.65. The summed E-state index contributed by atoms with van der Waals surface area (Å²) >= 11 is 0. The smallest absolute Gasteiger partial charge is 0.178 e. The van der Waals surface area contributed by atoms with Crippen LogP contribution in [0.3, 0.4) is 0 Å². The molecule has 9 nitrogen and oxygen atoms in total. The second kappa shape index (κ2) is 8.06. The Morgan fingerprint density at radius 2 is 2.12 bits per heavy atom. The van der Waals surface area contributed by atoms with Crippen molar-refractivity contribution in [1.29, 1.82) is 0 Å². The first-order valence-corrected chi connectivity index (χ1v) is 11.2. The van der Waals surface area contributed by atoms with Gasteiger partial charge < -0.3 is 20.3 Å². The van der Waals surface area contributed by atoms with E-state index >= 15 is 0 Å². The van der Waals surface area contributed by atoms with Crippen molar-refractivity contribution >= 4 is 23.1 Å². The number of hydrogen-bond donors (Lipinski definition) is 2. The molecule has 2 aliphatic rings. The normalized spacial score (nSPS) is 18.3. The largest absolute Gasteiger partial charge is 0.456 e. The molecule has 0 saturated heterocycles. The molecule has 0 spiro atoms. The molecule has 3 aromatic rings. The molecule has 1 atom stereocenters. The van der Waals surface area contributed by atoms with Gasteiger partial charge in [0.1, 0.15) is 17.3 Å². The number of nitrogens with one attached hydrogen (secondary N) is 2. The number of Topliss-reactive ketones (excluding diaryl/α,β-unsaturated/α-hetero) is 1. The zero-order chi connectivity index (χ0) is 23.2. The Labute approximate surface area is 193 Å². The Balaban J connectivity index is 1.30. The molecule has 0 radical (unpaired) electrons. The fraction of sp³-hybridized carbons (Fsp3) is 0.417. The Morgan fingerprint density at radius 1 is 1.27 bits per heavy atom. The highest BCUT2D eigenvalue weighted by molar-refractivity contribution is 5.77. The van der Waals surface area contributed by atoms with E-state index in [9.17, 15) is 4.79 Å². The molecule has 1 unspecified atom stereocenters. The maximum absolute atomic E-state index is 11.4. The molecular formula is C24H29N7O2. The zero-order valence-electron chi connectivity index (χ0n) is 19.4. The number of fused-ring (bicyclic) bond motifs is 2. The molecule has 33 heavy (non-hydrogen) atoms. The van der Waals surface area contributed by atoms with Gasteiger partial charge in [-0.2, -0.15) is 5.10 Å². The fourth-order valence-electron chi connectivity index (χ4n) is 4.52. The number of hydrogen-bond acceptors (Lipinski definition) is 8. The van der Waals surface area contributed by atoms with Gasteiger partial charge >= 0.3 is 0 Å². The average Bonchev–Trinajstić information content (AvgIpc) is 3.30. The van der Waals surface area contributed by atoms with Gasteiger partial charge in [0.15, 0.2) is 17.9 Å². The predicted octanol–water partition coefficient (Wildman–Crippen LogP) is 3.93. The van der Waals surface area contributed by atoms with Crippen LogP contribution in [0.2, 0.25) is 0 Å². The topological polar surface area (TPSA) is 97.2 Å². The summed E-state index contributed by atoms with van der Waals surface area (Å²) in [4.78, 5) is 22.2. The third kappa shape index (κ3) is 4.22. The quantitative estimate of drug-likeness (QED) is 0.587. The zero-order valence-corrected chi connectivity index (χ0v) is 19.4. The van der Waals surface area contributed by atoms with Gasteiger partial charge in [-0.05, 0) is 25.8 Å². The van der Waals surface area contributed by atoms with Gasteiger partial charge in [-0.3, -0.25) is 14.5 Å². The van der Waals surface area contributed by atoms with Crippen molar-refractivity contribution < 1.29 is 9.53 Å². The number of aryl methyl sites for hydroxylation is 1. The molecule has 0 amide bonds. The highest BCUT2D eigenvalue weighted by atomic mass is 16.5. The molecule has 0 bridgehead atoms. The maximum atomic E-state index is 11.4. The number of carbonyl (C=O) groups excluding carboxylic acids is 1. The van der Waals surface area contributed by atoms with Crippen LogP contribution in [0.15, 0.2) is 36.7 Å². The van der Waals surface area contributed by atoms with Crippen LogP contribution in [0, 0.1) is 0 Å². The van der Waals surface area contributed by atoms with E-state index in [4.69, 9.17) is 9.84 Å². The summed E-state index contributed by atoms with van der Waals surface area (Å²) in [7, 11) is 2.00. The number of nitrogens with zero attached hydrogens (tertiary/aromatic N) is 5. The lowest BCUT2D eigenvalue weighted by molar-refractivity contribution is -0.116. The van der Waals surface area contributed by atoms with E-state index in [1.165, 1.54) is 12.1 Å². The van der Waals surface area contributed by atoms with Crippen LogP contribution >= 0.6 is 0 Å². The minimum Gasteiger partial charge on any atom is -0.456 e. The van der Waals surface area contributed by atoms with Gasteiger partial charge in [0.05, 0.1) is 17.6 Å². The second-order valence-electron chi connectivity index (χ2n) is 9.43. The van der Waals surface area contributed by atoms with Crippen molar-refractivity contribution in [3.63, 3.8) is 0 Å². The number of ether oxygens (including phenoxy) is 1. The summed E-state index contributed by atoms with van der Waals surface area (Å²) in [5.41, 5.74) is 3.01. The molecule has 5 heterocycles.